The SMILES string of the molecule is O=C(c1ccc(Cl)cc1)N1CCCN(c2nc(NCc3ccc(F)cc3)c3ncn(Cc4ccccc4Cl)c3n2)CC1. The highest BCUT2D eigenvalue weighted by atomic mass is 35.5. The number of carbonyl (C=O) groups is 1. The number of carbonyl (C=O) groups excluding carboxylic acids is 1. The van der Waals surface area contributed by atoms with Gasteiger partial charge in [-0.25, -0.2) is 9.37 Å². The van der Waals surface area contributed by atoms with Gasteiger partial charge in [0.05, 0.1) is 12.9 Å². The van der Waals surface area contributed by atoms with Gasteiger partial charge in [0.15, 0.2) is 17.0 Å². The molecule has 3 aromatic carbocycles. The number of imidazole rings is 1. The molecule has 0 aliphatic carbocycles. The number of anilines is 2. The zero-order valence-electron chi connectivity index (χ0n) is 22.7. The third-order valence-electron chi connectivity index (χ3n) is 7.28. The molecule has 11 heteroatoms. The van der Waals surface area contributed by atoms with Gasteiger partial charge in [-0.15, -0.1) is 0 Å². The van der Waals surface area contributed by atoms with Gasteiger partial charge in [-0.2, -0.15) is 9.97 Å². The summed E-state index contributed by atoms with van der Waals surface area (Å²) >= 11 is 12.5. The first kappa shape index (κ1) is 27.9. The van der Waals surface area contributed by atoms with Crippen LogP contribution in [-0.2, 0) is 13.1 Å². The van der Waals surface area contributed by atoms with E-state index >= 15 is 0 Å². The van der Waals surface area contributed by atoms with Crippen LogP contribution >= 0.6 is 23.2 Å². The monoisotopic (exact) mass is 603 g/mol. The largest absolute Gasteiger partial charge is 0.364 e. The molecule has 1 amide bonds. The molecule has 0 unspecified atom stereocenters. The lowest BCUT2D eigenvalue weighted by Gasteiger charge is -2.23. The van der Waals surface area contributed by atoms with Gasteiger partial charge in [0.1, 0.15) is 5.82 Å². The molecule has 6 rings (SSSR count). The first-order valence-electron chi connectivity index (χ1n) is 13.7. The second-order valence-electron chi connectivity index (χ2n) is 10.1. The van der Waals surface area contributed by atoms with Crippen LogP contribution in [0.25, 0.3) is 11.2 Å². The Morgan fingerprint density at radius 1 is 0.905 bits per heavy atom. The number of aromatic nitrogens is 4. The minimum absolute atomic E-state index is 0.0237. The fraction of sp³-hybridized carbons (Fsp3) is 0.226. The molecule has 1 saturated heterocycles. The zero-order valence-corrected chi connectivity index (χ0v) is 24.2. The van der Waals surface area contributed by atoms with E-state index in [0.717, 1.165) is 17.5 Å². The Kier molecular flexibility index (Phi) is 8.21. The summed E-state index contributed by atoms with van der Waals surface area (Å²) in [5.74, 6) is 0.819. The van der Waals surface area contributed by atoms with E-state index in [1.807, 2.05) is 33.7 Å². The van der Waals surface area contributed by atoms with Crippen molar-refractivity contribution in [1.82, 2.24) is 24.4 Å². The summed E-state index contributed by atoms with van der Waals surface area (Å²) in [6.45, 7) is 3.34. The highest BCUT2D eigenvalue weighted by Gasteiger charge is 2.24. The molecule has 8 nitrogen and oxygen atoms in total. The minimum atomic E-state index is -0.284. The van der Waals surface area contributed by atoms with Crippen molar-refractivity contribution in [2.24, 2.45) is 0 Å². The van der Waals surface area contributed by atoms with Gasteiger partial charge in [-0.05, 0) is 60.0 Å². The molecular formula is C31H28Cl2FN7O. The highest BCUT2D eigenvalue weighted by molar-refractivity contribution is 6.31. The van der Waals surface area contributed by atoms with E-state index in [1.165, 1.54) is 12.1 Å². The molecule has 2 aromatic heterocycles. The molecule has 0 radical (unpaired) electrons. The van der Waals surface area contributed by atoms with Gasteiger partial charge in [0.25, 0.3) is 5.91 Å². The van der Waals surface area contributed by atoms with E-state index in [-0.39, 0.29) is 11.7 Å². The minimum Gasteiger partial charge on any atom is -0.364 e. The number of halogens is 3. The molecule has 5 aromatic rings. The van der Waals surface area contributed by atoms with Gasteiger partial charge in [-0.1, -0.05) is 53.5 Å². The Morgan fingerprint density at radius 3 is 2.48 bits per heavy atom. The Hall–Kier alpha value is -4.21. The Morgan fingerprint density at radius 2 is 1.69 bits per heavy atom. The molecule has 0 atom stereocenters. The molecule has 214 valence electrons. The van der Waals surface area contributed by atoms with Crippen molar-refractivity contribution in [3.05, 3.63) is 112 Å². The van der Waals surface area contributed by atoms with Crippen LogP contribution < -0.4 is 10.2 Å². The van der Waals surface area contributed by atoms with Gasteiger partial charge < -0.3 is 19.7 Å². The number of hydrogen-bond donors (Lipinski definition) is 1. The fourth-order valence-electron chi connectivity index (χ4n) is 5.01. The quantitative estimate of drug-likeness (QED) is 0.236. The van der Waals surface area contributed by atoms with Crippen LogP contribution in [0.3, 0.4) is 0 Å². The van der Waals surface area contributed by atoms with Crippen molar-refractivity contribution < 1.29 is 9.18 Å². The first-order valence-corrected chi connectivity index (χ1v) is 14.4. The van der Waals surface area contributed by atoms with Crippen LogP contribution in [0, 0.1) is 5.82 Å². The van der Waals surface area contributed by atoms with E-state index in [0.29, 0.717) is 77.8 Å². The van der Waals surface area contributed by atoms with Crippen molar-refractivity contribution >= 4 is 52.0 Å². The molecule has 0 saturated carbocycles. The lowest BCUT2D eigenvalue weighted by atomic mass is 10.2. The van der Waals surface area contributed by atoms with Gasteiger partial charge in [-0.3, -0.25) is 4.79 Å². The maximum Gasteiger partial charge on any atom is 0.253 e. The van der Waals surface area contributed by atoms with Crippen molar-refractivity contribution in [3.8, 4) is 0 Å². The highest BCUT2D eigenvalue weighted by Crippen LogP contribution is 2.26. The third-order valence-corrected chi connectivity index (χ3v) is 7.90. The van der Waals surface area contributed by atoms with Gasteiger partial charge in [0.2, 0.25) is 5.95 Å². The van der Waals surface area contributed by atoms with Crippen LogP contribution in [0.5, 0.6) is 0 Å². The maximum atomic E-state index is 13.5. The zero-order chi connectivity index (χ0) is 29.1. The van der Waals surface area contributed by atoms with Gasteiger partial charge in [0, 0.05) is 48.3 Å². The van der Waals surface area contributed by atoms with Gasteiger partial charge >= 0.3 is 0 Å². The second kappa shape index (κ2) is 12.3. The number of amides is 1. The summed E-state index contributed by atoms with van der Waals surface area (Å²) in [7, 11) is 0. The predicted octanol–water partition coefficient (Wildman–Crippen LogP) is 6.29. The summed E-state index contributed by atoms with van der Waals surface area (Å²) in [6, 6.07) is 21.0. The molecular weight excluding hydrogens is 576 g/mol. The summed E-state index contributed by atoms with van der Waals surface area (Å²) < 4.78 is 15.4. The predicted molar refractivity (Wildman–Crippen MR) is 164 cm³/mol. The van der Waals surface area contributed by atoms with E-state index in [4.69, 9.17) is 33.2 Å². The van der Waals surface area contributed by atoms with Crippen LogP contribution in [0.2, 0.25) is 10.0 Å². The Balaban J connectivity index is 1.29. The average Bonchev–Trinajstić information content (AvgIpc) is 3.24. The van der Waals surface area contributed by atoms with Crippen molar-refractivity contribution in [1.29, 1.82) is 0 Å². The summed E-state index contributed by atoms with van der Waals surface area (Å²) in [6.07, 6.45) is 2.50. The van der Waals surface area contributed by atoms with E-state index in [9.17, 15) is 9.18 Å². The van der Waals surface area contributed by atoms with Crippen molar-refractivity contribution in [2.75, 3.05) is 36.4 Å². The summed E-state index contributed by atoms with van der Waals surface area (Å²) in [5.41, 5.74) is 3.76. The average molecular weight is 605 g/mol. The second-order valence-corrected chi connectivity index (χ2v) is 11.0. The number of benzene rings is 3. The molecule has 3 heterocycles. The normalized spacial score (nSPS) is 13.8. The Bertz CT molecular complexity index is 1710. The number of nitrogens with one attached hydrogen (secondary N) is 1. The standard InChI is InChI=1S/C31H28Cl2FN7O/c32-24-10-8-22(9-11-24)30(42)39-14-3-15-40(17-16-39)31-37-28(35-18-21-6-12-25(34)13-7-21)27-29(38-31)41(20-36-27)19-23-4-1-2-5-26(23)33/h1-2,4-13,20H,3,14-19H2,(H,35,37,38). The third kappa shape index (κ3) is 6.17. The topological polar surface area (TPSA) is 79.2 Å². The maximum absolute atomic E-state index is 13.5. The van der Waals surface area contributed by atoms with Crippen LogP contribution in [0.1, 0.15) is 27.9 Å². The lowest BCUT2D eigenvalue weighted by molar-refractivity contribution is 0.0767. The summed E-state index contributed by atoms with van der Waals surface area (Å²) in [5, 5.41) is 4.65. The molecule has 1 fully saturated rings. The van der Waals surface area contributed by atoms with Crippen LogP contribution in [0.15, 0.2) is 79.1 Å². The lowest BCUT2D eigenvalue weighted by Crippen LogP contribution is -2.35. The van der Waals surface area contributed by atoms with E-state index < -0.39 is 0 Å². The van der Waals surface area contributed by atoms with E-state index in [2.05, 4.69) is 15.2 Å². The van der Waals surface area contributed by atoms with Crippen molar-refractivity contribution in [2.45, 2.75) is 19.5 Å². The molecule has 0 bridgehead atoms. The molecule has 1 aliphatic rings. The summed E-state index contributed by atoms with van der Waals surface area (Å²) in [4.78, 5) is 31.6. The smallest absolute Gasteiger partial charge is 0.253 e. The number of rotatable bonds is 7. The van der Waals surface area contributed by atoms with E-state index in [1.54, 1.807) is 42.7 Å². The number of nitrogens with zero attached hydrogens (tertiary/aromatic N) is 6. The number of fused-ring (bicyclic) bond motifs is 1. The fourth-order valence-corrected chi connectivity index (χ4v) is 5.33. The molecule has 0 spiro atoms. The first-order chi connectivity index (χ1) is 20.4. The molecule has 1 aliphatic heterocycles. The molecule has 42 heavy (non-hydrogen) atoms. The Labute approximate surface area is 252 Å². The molecule has 1 N–H and O–H groups in total. The van der Waals surface area contributed by atoms with Crippen molar-refractivity contribution in [3.63, 3.8) is 0 Å². The van der Waals surface area contributed by atoms with Crippen LogP contribution in [0.4, 0.5) is 16.2 Å². The van der Waals surface area contributed by atoms with Crippen LogP contribution in [-0.4, -0.2) is 56.5 Å². The number of hydrogen-bond acceptors (Lipinski definition) is 6.